The van der Waals surface area contributed by atoms with E-state index in [-0.39, 0.29) is 5.54 Å². The summed E-state index contributed by atoms with van der Waals surface area (Å²) in [6, 6.07) is 2.00. The van der Waals surface area contributed by atoms with Crippen LogP contribution in [0.3, 0.4) is 0 Å². The number of carbonyl (C=O) groups excluding carboxylic acids is 1. The van der Waals surface area contributed by atoms with Crippen molar-refractivity contribution in [3.63, 3.8) is 0 Å². The molecule has 0 aliphatic carbocycles. The molecule has 0 aliphatic rings. The van der Waals surface area contributed by atoms with E-state index in [1.165, 1.54) is 0 Å². The van der Waals surface area contributed by atoms with E-state index in [0.717, 1.165) is 22.2 Å². The Morgan fingerprint density at radius 1 is 1.41 bits per heavy atom. The van der Waals surface area contributed by atoms with Crippen LogP contribution in [0.5, 0.6) is 0 Å². The van der Waals surface area contributed by atoms with Gasteiger partial charge in [-0.3, -0.25) is 9.69 Å². The fraction of sp³-hybridized carbons (Fsp3) is 0.615. The number of likely N-dealkylation sites (N-methyl/N-ethyl adjacent to an activating group) is 1. The molecule has 1 rings (SSSR count). The first kappa shape index (κ1) is 14.9. The van der Waals surface area contributed by atoms with Crippen LogP contribution in [-0.2, 0) is 11.2 Å². The molecule has 0 bridgehead atoms. The molecular weight excluding hydrogens is 298 g/mol. The second kappa shape index (κ2) is 6.12. The maximum Gasteiger partial charge on any atom is 0.158 e. The van der Waals surface area contributed by atoms with Crippen LogP contribution in [0.1, 0.15) is 31.6 Å². The van der Waals surface area contributed by atoms with E-state index in [2.05, 4.69) is 34.7 Å². The molecule has 0 saturated carbocycles. The average molecular weight is 318 g/mol. The summed E-state index contributed by atoms with van der Waals surface area (Å²) in [5.74, 6) is 0.315. The van der Waals surface area contributed by atoms with Crippen molar-refractivity contribution in [3.05, 3.63) is 20.8 Å². The lowest BCUT2D eigenvalue weighted by atomic mass is 9.85. The minimum atomic E-state index is -0.316. The van der Waals surface area contributed by atoms with E-state index >= 15 is 0 Å². The highest BCUT2D eigenvalue weighted by molar-refractivity contribution is 9.10. The molecule has 0 saturated heterocycles. The van der Waals surface area contributed by atoms with Gasteiger partial charge in [-0.25, -0.2) is 0 Å². The second-order valence-corrected chi connectivity index (χ2v) is 6.28. The van der Waals surface area contributed by atoms with E-state index in [9.17, 15) is 4.79 Å². The van der Waals surface area contributed by atoms with Gasteiger partial charge in [0, 0.05) is 15.8 Å². The van der Waals surface area contributed by atoms with Crippen LogP contribution in [0, 0.1) is 0 Å². The SMILES string of the molecule is CCC(CC)(C(=O)Cc1sccc1Br)N(C)C. The van der Waals surface area contributed by atoms with Crippen molar-refractivity contribution in [1.29, 1.82) is 0 Å². The fourth-order valence-corrected chi connectivity index (χ4v) is 3.78. The molecule has 0 fully saturated rings. The van der Waals surface area contributed by atoms with Gasteiger partial charge in [0.25, 0.3) is 0 Å². The molecule has 0 aliphatic heterocycles. The van der Waals surface area contributed by atoms with Gasteiger partial charge in [-0.1, -0.05) is 13.8 Å². The van der Waals surface area contributed by atoms with E-state index in [4.69, 9.17) is 0 Å². The summed E-state index contributed by atoms with van der Waals surface area (Å²) in [4.78, 5) is 15.7. The zero-order valence-electron chi connectivity index (χ0n) is 10.9. The molecule has 0 N–H and O–H groups in total. The second-order valence-electron chi connectivity index (χ2n) is 4.42. The van der Waals surface area contributed by atoms with Crippen molar-refractivity contribution < 1.29 is 4.79 Å². The highest BCUT2D eigenvalue weighted by atomic mass is 79.9. The molecule has 0 aromatic carbocycles. The Hall–Kier alpha value is -0.190. The quantitative estimate of drug-likeness (QED) is 0.796. The smallest absolute Gasteiger partial charge is 0.158 e. The van der Waals surface area contributed by atoms with Crippen molar-refractivity contribution in [3.8, 4) is 0 Å². The maximum absolute atomic E-state index is 12.5. The maximum atomic E-state index is 12.5. The highest BCUT2D eigenvalue weighted by Gasteiger charge is 2.36. The van der Waals surface area contributed by atoms with Crippen LogP contribution in [0.25, 0.3) is 0 Å². The van der Waals surface area contributed by atoms with Crippen LogP contribution in [-0.4, -0.2) is 30.3 Å². The summed E-state index contributed by atoms with van der Waals surface area (Å²) < 4.78 is 1.05. The monoisotopic (exact) mass is 317 g/mol. The van der Waals surface area contributed by atoms with Gasteiger partial charge in [-0.2, -0.15) is 0 Å². The van der Waals surface area contributed by atoms with Crippen LogP contribution < -0.4 is 0 Å². The van der Waals surface area contributed by atoms with E-state index in [0.29, 0.717) is 12.2 Å². The van der Waals surface area contributed by atoms with Crippen molar-refractivity contribution in [2.24, 2.45) is 0 Å². The lowest BCUT2D eigenvalue weighted by Gasteiger charge is -2.37. The lowest BCUT2D eigenvalue weighted by molar-refractivity contribution is -0.129. The normalized spacial score (nSPS) is 12.1. The fourth-order valence-electron chi connectivity index (χ4n) is 2.29. The molecule has 0 atom stereocenters. The molecule has 1 aromatic heterocycles. The van der Waals surface area contributed by atoms with Crippen LogP contribution in [0.2, 0.25) is 0 Å². The third kappa shape index (κ3) is 2.98. The largest absolute Gasteiger partial charge is 0.297 e. The standard InChI is InChI=1S/C13H20BrNOS/c1-5-13(6-2,15(3)4)12(16)9-11-10(14)7-8-17-11/h7-8H,5-6,9H2,1-4H3. The van der Waals surface area contributed by atoms with E-state index in [1.54, 1.807) is 11.3 Å². The Bertz CT molecular complexity index is 383. The van der Waals surface area contributed by atoms with Gasteiger partial charge >= 0.3 is 0 Å². The summed E-state index contributed by atoms with van der Waals surface area (Å²) in [5, 5.41) is 2.02. The van der Waals surface area contributed by atoms with Gasteiger partial charge in [-0.15, -0.1) is 11.3 Å². The molecule has 2 nitrogen and oxygen atoms in total. The first-order valence-corrected chi connectivity index (χ1v) is 7.57. The van der Waals surface area contributed by atoms with Crippen LogP contribution >= 0.6 is 27.3 Å². The molecule has 96 valence electrons. The van der Waals surface area contributed by atoms with Gasteiger partial charge in [0.1, 0.15) is 0 Å². The number of carbonyl (C=O) groups is 1. The highest BCUT2D eigenvalue weighted by Crippen LogP contribution is 2.29. The van der Waals surface area contributed by atoms with Gasteiger partial charge < -0.3 is 0 Å². The average Bonchev–Trinajstić information content (AvgIpc) is 2.66. The summed E-state index contributed by atoms with van der Waals surface area (Å²) in [6.07, 6.45) is 2.24. The number of thiophene rings is 1. The molecule has 17 heavy (non-hydrogen) atoms. The number of rotatable bonds is 6. The van der Waals surface area contributed by atoms with Crippen LogP contribution in [0.15, 0.2) is 15.9 Å². The van der Waals surface area contributed by atoms with Gasteiger partial charge in [0.2, 0.25) is 0 Å². The topological polar surface area (TPSA) is 20.3 Å². The molecule has 0 unspecified atom stereocenters. The number of hydrogen-bond acceptors (Lipinski definition) is 3. The molecule has 4 heteroatoms. The molecule has 1 heterocycles. The number of hydrogen-bond donors (Lipinski definition) is 0. The Labute approximate surface area is 116 Å². The van der Waals surface area contributed by atoms with Crippen molar-refractivity contribution in [2.45, 2.75) is 38.6 Å². The van der Waals surface area contributed by atoms with Crippen molar-refractivity contribution in [2.75, 3.05) is 14.1 Å². The summed E-state index contributed by atoms with van der Waals surface area (Å²) in [7, 11) is 3.99. The van der Waals surface area contributed by atoms with E-state index < -0.39 is 0 Å². The summed E-state index contributed by atoms with van der Waals surface area (Å²) in [5.41, 5.74) is -0.316. The zero-order chi connectivity index (χ0) is 13.1. The minimum absolute atomic E-state index is 0.315. The van der Waals surface area contributed by atoms with Crippen molar-refractivity contribution in [1.82, 2.24) is 4.90 Å². The molecule has 1 aromatic rings. The zero-order valence-corrected chi connectivity index (χ0v) is 13.3. The number of halogens is 1. The Balaban J connectivity index is 2.91. The van der Waals surface area contributed by atoms with Gasteiger partial charge in [-0.05, 0) is 54.3 Å². The van der Waals surface area contributed by atoms with Crippen LogP contribution in [0.4, 0.5) is 0 Å². The van der Waals surface area contributed by atoms with Gasteiger partial charge in [0.15, 0.2) is 5.78 Å². The number of Topliss-reactive ketones (excluding diaryl/α,β-unsaturated/α-hetero) is 1. The number of ketones is 1. The molecule has 0 amide bonds. The van der Waals surface area contributed by atoms with Crippen molar-refractivity contribution >= 4 is 33.0 Å². The Kier molecular flexibility index (Phi) is 5.35. The third-order valence-corrected chi connectivity index (χ3v) is 5.48. The first-order valence-electron chi connectivity index (χ1n) is 5.90. The minimum Gasteiger partial charge on any atom is -0.297 e. The third-order valence-electron chi connectivity index (χ3n) is 3.56. The summed E-state index contributed by atoms with van der Waals surface area (Å²) >= 11 is 5.13. The molecule has 0 spiro atoms. The summed E-state index contributed by atoms with van der Waals surface area (Å²) in [6.45, 7) is 4.18. The Morgan fingerprint density at radius 3 is 2.35 bits per heavy atom. The predicted octanol–water partition coefficient (Wildman–Crippen LogP) is 3.74. The lowest BCUT2D eigenvalue weighted by Crippen LogP contribution is -2.50. The molecular formula is C13H20BrNOS. The predicted molar refractivity (Wildman–Crippen MR) is 77.7 cm³/mol. The van der Waals surface area contributed by atoms with E-state index in [1.807, 2.05) is 25.5 Å². The Morgan fingerprint density at radius 2 is 2.00 bits per heavy atom. The molecule has 0 radical (unpaired) electrons. The number of nitrogens with zero attached hydrogens (tertiary/aromatic N) is 1. The van der Waals surface area contributed by atoms with Gasteiger partial charge in [0.05, 0.1) is 5.54 Å². The first-order chi connectivity index (χ1) is 7.97.